The van der Waals surface area contributed by atoms with Gasteiger partial charge in [0, 0.05) is 9.47 Å². The molecule has 21 heavy (non-hydrogen) atoms. The number of hydrogen-bond donors (Lipinski definition) is 0. The van der Waals surface area contributed by atoms with Crippen LogP contribution in [0.1, 0.15) is 46.7 Å². The van der Waals surface area contributed by atoms with E-state index < -0.39 is 5.60 Å². The second-order valence-electron chi connectivity index (χ2n) is 6.05. The predicted octanol–water partition coefficient (Wildman–Crippen LogP) is 5.38. The van der Waals surface area contributed by atoms with E-state index in [1.54, 1.807) is 0 Å². The van der Waals surface area contributed by atoms with Crippen LogP contribution in [0.3, 0.4) is 0 Å². The normalized spacial score (nSPS) is 11.7. The van der Waals surface area contributed by atoms with Crippen molar-refractivity contribution < 1.29 is 4.52 Å². The molecular weight excluding hydrogens is 275 g/mol. The van der Waals surface area contributed by atoms with Crippen LogP contribution in [0.15, 0.2) is 36.4 Å². The van der Waals surface area contributed by atoms with Crippen molar-refractivity contribution in [2.24, 2.45) is 0 Å². The van der Waals surface area contributed by atoms with Crippen molar-refractivity contribution >= 4 is 9.47 Å². The molecule has 0 fully saturated rings. The molecule has 0 spiro atoms. The third-order valence-electron chi connectivity index (χ3n) is 4.08. The Bertz CT molecular complexity index is 548. The zero-order valence-corrected chi connectivity index (χ0v) is 14.8. The summed E-state index contributed by atoms with van der Waals surface area (Å²) in [6, 6.07) is 13.3. The standard InChI is InChI=1S/C19H25OP/c1-6-19(20-21,17-9-13(2)7-14(3)10-17)18-11-15(4)8-16(5)12-18/h7-12H,6,21H2,1-5H3. The van der Waals surface area contributed by atoms with Crippen LogP contribution in [0.25, 0.3) is 0 Å². The maximum absolute atomic E-state index is 6.00. The van der Waals surface area contributed by atoms with Crippen LogP contribution in [0.2, 0.25) is 0 Å². The summed E-state index contributed by atoms with van der Waals surface area (Å²) in [6.07, 6.45) is 0.891. The van der Waals surface area contributed by atoms with Crippen molar-refractivity contribution in [2.45, 2.75) is 46.6 Å². The summed E-state index contributed by atoms with van der Waals surface area (Å²) in [5, 5.41) is 0. The highest BCUT2D eigenvalue weighted by atomic mass is 31.0. The maximum Gasteiger partial charge on any atom is 0.121 e. The zero-order chi connectivity index (χ0) is 15.6. The second kappa shape index (κ2) is 6.30. The zero-order valence-electron chi connectivity index (χ0n) is 13.7. The molecule has 0 saturated carbocycles. The number of hydrogen-bond acceptors (Lipinski definition) is 1. The van der Waals surface area contributed by atoms with Crippen molar-refractivity contribution in [2.75, 3.05) is 0 Å². The number of rotatable bonds is 4. The summed E-state index contributed by atoms with van der Waals surface area (Å²) in [6.45, 7) is 10.7. The molecule has 2 rings (SSSR count). The van der Waals surface area contributed by atoms with Crippen molar-refractivity contribution in [1.29, 1.82) is 0 Å². The monoisotopic (exact) mass is 300 g/mol. The highest BCUT2D eigenvalue weighted by Crippen LogP contribution is 2.40. The molecule has 0 aliphatic heterocycles. The summed E-state index contributed by atoms with van der Waals surface area (Å²) in [4.78, 5) is 0. The van der Waals surface area contributed by atoms with E-state index in [9.17, 15) is 0 Å². The molecule has 2 aromatic carbocycles. The highest BCUT2D eigenvalue weighted by Gasteiger charge is 2.33. The Balaban J connectivity index is 2.69. The van der Waals surface area contributed by atoms with Gasteiger partial charge >= 0.3 is 0 Å². The average molecular weight is 300 g/mol. The van der Waals surface area contributed by atoms with Gasteiger partial charge in [0.15, 0.2) is 0 Å². The van der Waals surface area contributed by atoms with Gasteiger partial charge in [-0.2, -0.15) is 0 Å². The lowest BCUT2D eigenvalue weighted by atomic mass is 9.82. The quantitative estimate of drug-likeness (QED) is 0.689. The predicted molar refractivity (Wildman–Crippen MR) is 93.7 cm³/mol. The van der Waals surface area contributed by atoms with Gasteiger partial charge in [0.05, 0.1) is 0 Å². The number of aryl methyl sites for hydroxylation is 4. The van der Waals surface area contributed by atoms with Crippen molar-refractivity contribution in [3.63, 3.8) is 0 Å². The molecule has 112 valence electrons. The lowest BCUT2D eigenvalue weighted by molar-refractivity contribution is 0.135. The third kappa shape index (κ3) is 3.20. The van der Waals surface area contributed by atoms with E-state index in [2.05, 4.69) is 80.5 Å². The first-order valence-electron chi connectivity index (χ1n) is 7.46. The summed E-state index contributed by atoms with van der Waals surface area (Å²) < 4.78 is 6.00. The van der Waals surface area contributed by atoms with E-state index >= 15 is 0 Å². The van der Waals surface area contributed by atoms with E-state index in [1.807, 2.05) is 0 Å². The lowest BCUT2D eigenvalue weighted by Crippen LogP contribution is -2.27. The summed E-state index contributed by atoms with van der Waals surface area (Å²) in [7, 11) is 2.48. The minimum absolute atomic E-state index is 0.405. The molecule has 0 aliphatic carbocycles. The molecule has 0 heterocycles. The van der Waals surface area contributed by atoms with Crippen molar-refractivity contribution in [3.8, 4) is 0 Å². The molecule has 1 nitrogen and oxygen atoms in total. The topological polar surface area (TPSA) is 9.23 Å². The van der Waals surface area contributed by atoms with Crippen LogP contribution < -0.4 is 0 Å². The molecular formula is C19H25OP. The van der Waals surface area contributed by atoms with Gasteiger partial charge in [0.1, 0.15) is 5.60 Å². The fourth-order valence-corrected chi connectivity index (χ4v) is 3.65. The molecule has 1 atom stereocenters. The van der Waals surface area contributed by atoms with E-state index in [0.29, 0.717) is 0 Å². The molecule has 2 heteroatoms. The molecule has 2 aromatic rings. The molecule has 0 aromatic heterocycles. The number of benzene rings is 2. The molecule has 0 bridgehead atoms. The van der Waals surface area contributed by atoms with Crippen molar-refractivity contribution in [3.05, 3.63) is 69.8 Å². The maximum atomic E-state index is 6.00. The van der Waals surface area contributed by atoms with Gasteiger partial charge in [-0.3, -0.25) is 0 Å². The van der Waals surface area contributed by atoms with Crippen LogP contribution >= 0.6 is 9.47 Å². The minimum Gasteiger partial charge on any atom is -0.350 e. The Kier molecular flexibility index (Phi) is 4.86. The van der Waals surface area contributed by atoms with Crippen LogP contribution in [-0.4, -0.2) is 0 Å². The van der Waals surface area contributed by atoms with Gasteiger partial charge in [-0.1, -0.05) is 65.6 Å². The first kappa shape index (κ1) is 16.2. The highest BCUT2D eigenvalue weighted by molar-refractivity contribution is 7.09. The van der Waals surface area contributed by atoms with Gasteiger partial charge in [-0.25, -0.2) is 0 Å². The molecule has 0 amide bonds. The van der Waals surface area contributed by atoms with Gasteiger partial charge in [-0.05, 0) is 45.2 Å². The second-order valence-corrected chi connectivity index (χ2v) is 6.29. The van der Waals surface area contributed by atoms with Crippen LogP contribution in [0, 0.1) is 27.7 Å². The molecule has 1 unspecified atom stereocenters. The smallest absolute Gasteiger partial charge is 0.121 e. The van der Waals surface area contributed by atoms with Crippen molar-refractivity contribution in [1.82, 2.24) is 0 Å². The van der Waals surface area contributed by atoms with E-state index in [-0.39, 0.29) is 0 Å². The minimum atomic E-state index is -0.405. The van der Waals surface area contributed by atoms with Gasteiger partial charge in [-0.15, -0.1) is 0 Å². The van der Waals surface area contributed by atoms with Crippen LogP contribution in [0.4, 0.5) is 0 Å². The fourth-order valence-electron chi connectivity index (χ4n) is 3.21. The lowest BCUT2D eigenvalue weighted by Gasteiger charge is -2.33. The van der Waals surface area contributed by atoms with E-state index in [0.717, 1.165) is 6.42 Å². The summed E-state index contributed by atoms with van der Waals surface area (Å²) in [5.41, 5.74) is 7.13. The summed E-state index contributed by atoms with van der Waals surface area (Å²) in [5.74, 6) is 0. The molecule has 0 saturated heterocycles. The fraction of sp³-hybridized carbons (Fsp3) is 0.368. The summed E-state index contributed by atoms with van der Waals surface area (Å²) >= 11 is 0. The largest absolute Gasteiger partial charge is 0.350 e. The Labute approximate surface area is 131 Å². The molecule has 0 radical (unpaired) electrons. The molecule has 0 N–H and O–H groups in total. The Hall–Kier alpha value is -1.17. The van der Waals surface area contributed by atoms with E-state index in [4.69, 9.17) is 4.52 Å². The Morgan fingerprint density at radius 2 is 1.10 bits per heavy atom. The van der Waals surface area contributed by atoms with Gasteiger partial charge < -0.3 is 4.52 Å². The van der Waals surface area contributed by atoms with Gasteiger partial charge in [0.2, 0.25) is 0 Å². The third-order valence-corrected chi connectivity index (χ3v) is 4.48. The van der Waals surface area contributed by atoms with Crippen LogP contribution in [-0.2, 0) is 10.1 Å². The molecule has 0 aliphatic rings. The van der Waals surface area contributed by atoms with Gasteiger partial charge in [0.25, 0.3) is 0 Å². The first-order chi connectivity index (χ1) is 9.91. The Morgan fingerprint density at radius 3 is 1.33 bits per heavy atom. The first-order valence-corrected chi connectivity index (χ1v) is 7.94. The average Bonchev–Trinajstić information content (AvgIpc) is 2.38. The van der Waals surface area contributed by atoms with Crippen LogP contribution in [0.5, 0.6) is 0 Å². The Morgan fingerprint density at radius 1 is 0.762 bits per heavy atom. The SMILES string of the molecule is CCC(OP)(c1cc(C)cc(C)c1)c1cc(C)cc(C)c1. The van der Waals surface area contributed by atoms with E-state index in [1.165, 1.54) is 33.4 Å².